The lowest BCUT2D eigenvalue weighted by Gasteiger charge is -2.29. The molecule has 2 rings (SSSR count). The minimum atomic E-state index is -0.928. The molecule has 0 fully saturated rings. The predicted molar refractivity (Wildman–Crippen MR) is 81.6 cm³/mol. The third-order valence-corrected chi connectivity index (χ3v) is 4.02. The highest BCUT2D eigenvalue weighted by molar-refractivity contribution is 7.09. The van der Waals surface area contributed by atoms with E-state index in [0.29, 0.717) is 12.4 Å². The normalized spacial score (nSPS) is 10.8. The number of carbonyl (C=O) groups is 1. The molecular weight excluding hydrogens is 272 g/mol. The first-order valence-corrected chi connectivity index (χ1v) is 7.36. The van der Waals surface area contributed by atoms with E-state index in [4.69, 9.17) is 0 Å². The van der Waals surface area contributed by atoms with Crippen LogP contribution in [0.25, 0.3) is 0 Å². The molecule has 0 bridgehead atoms. The summed E-state index contributed by atoms with van der Waals surface area (Å²) in [5, 5.41) is 11.5. The monoisotopic (exact) mass is 290 g/mol. The van der Waals surface area contributed by atoms with Gasteiger partial charge in [0.25, 0.3) is 0 Å². The Morgan fingerprint density at radius 3 is 2.75 bits per heavy atom. The van der Waals surface area contributed by atoms with E-state index in [1.165, 1.54) is 4.88 Å². The average Bonchev–Trinajstić information content (AvgIpc) is 2.87. The molecule has 2 aromatic heterocycles. The fraction of sp³-hybridized carbons (Fsp3) is 0.333. The summed E-state index contributed by atoms with van der Waals surface area (Å²) >= 11 is 1.66. The number of anilines is 1. The lowest BCUT2D eigenvalue weighted by molar-refractivity contribution is 0.0696. The summed E-state index contributed by atoms with van der Waals surface area (Å²) in [6.45, 7) is 6.57. The van der Waals surface area contributed by atoms with E-state index < -0.39 is 5.97 Å². The molecule has 0 saturated carbocycles. The van der Waals surface area contributed by atoms with Crippen LogP contribution in [0.2, 0.25) is 0 Å². The Bertz CT molecular complexity index is 594. The second-order valence-corrected chi connectivity index (χ2v) is 5.96. The smallest absolute Gasteiger partial charge is 0.339 e. The second-order valence-electron chi connectivity index (χ2n) is 4.93. The molecule has 0 saturated heterocycles. The van der Waals surface area contributed by atoms with Crippen LogP contribution in [0, 0.1) is 6.92 Å². The Hall–Kier alpha value is -1.88. The van der Waals surface area contributed by atoms with Crippen LogP contribution in [0.5, 0.6) is 0 Å². The van der Waals surface area contributed by atoms with E-state index in [-0.39, 0.29) is 11.6 Å². The SMILES string of the molecule is Cc1ccnc(N(Cc2cccs2)C(C)C)c1C(=O)O. The third kappa shape index (κ3) is 2.99. The topological polar surface area (TPSA) is 53.4 Å². The van der Waals surface area contributed by atoms with Gasteiger partial charge in [0.05, 0.1) is 6.54 Å². The lowest BCUT2D eigenvalue weighted by atomic mass is 10.1. The first kappa shape index (κ1) is 14.5. The molecule has 0 aliphatic carbocycles. The number of carboxylic acid groups (broad SMARTS) is 1. The summed E-state index contributed by atoms with van der Waals surface area (Å²) < 4.78 is 0. The molecule has 1 N–H and O–H groups in total. The maximum atomic E-state index is 11.5. The van der Waals surface area contributed by atoms with E-state index in [2.05, 4.69) is 11.1 Å². The van der Waals surface area contributed by atoms with Crippen molar-refractivity contribution in [3.05, 3.63) is 45.8 Å². The van der Waals surface area contributed by atoms with Gasteiger partial charge in [-0.15, -0.1) is 11.3 Å². The Balaban J connectivity index is 2.44. The summed E-state index contributed by atoms with van der Waals surface area (Å²) in [6, 6.07) is 5.96. The number of rotatable bonds is 5. The first-order valence-electron chi connectivity index (χ1n) is 6.48. The van der Waals surface area contributed by atoms with Crippen molar-refractivity contribution in [3.8, 4) is 0 Å². The minimum Gasteiger partial charge on any atom is -0.478 e. The number of carboxylic acids is 1. The number of aromatic carboxylic acids is 1. The minimum absolute atomic E-state index is 0.171. The quantitative estimate of drug-likeness (QED) is 0.914. The van der Waals surface area contributed by atoms with Crippen molar-refractivity contribution in [1.82, 2.24) is 4.98 Å². The number of hydrogen-bond acceptors (Lipinski definition) is 4. The van der Waals surface area contributed by atoms with Crippen LogP contribution < -0.4 is 4.90 Å². The molecular formula is C15H18N2O2S. The maximum Gasteiger partial charge on any atom is 0.339 e. The zero-order valence-electron chi connectivity index (χ0n) is 11.8. The van der Waals surface area contributed by atoms with Gasteiger partial charge in [-0.25, -0.2) is 9.78 Å². The standard InChI is InChI=1S/C15H18N2O2S/c1-10(2)17(9-12-5-4-8-20-12)14-13(15(18)19)11(3)6-7-16-14/h4-8,10H,9H2,1-3H3,(H,18,19). The van der Waals surface area contributed by atoms with Crippen molar-refractivity contribution >= 4 is 23.1 Å². The molecule has 0 amide bonds. The molecule has 5 heteroatoms. The van der Waals surface area contributed by atoms with E-state index in [9.17, 15) is 9.90 Å². The van der Waals surface area contributed by atoms with Crippen molar-refractivity contribution < 1.29 is 9.90 Å². The molecule has 0 spiro atoms. The van der Waals surface area contributed by atoms with Gasteiger partial charge in [-0.05, 0) is 43.8 Å². The molecule has 2 aromatic rings. The molecule has 0 aromatic carbocycles. The van der Waals surface area contributed by atoms with E-state index >= 15 is 0 Å². The van der Waals surface area contributed by atoms with Crippen molar-refractivity contribution in [2.45, 2.75) is 33.4 Å². The highest BCUT2D eigenvalue weighted by Crippen LogP contribution is 2.25. The van der Waals surface area contributed by atoms with Crippen LogP contribution in [0.1, 0.15) is 34.6 Å². The molecule has 0 aliphatic rings. The molecule has 0 radical (unpaired) electrons. The van der Waals surface area contributed by atoms with Crippen LogP contribution in [0.15, 0.2) is 29.8 Å². The Labute approximate surface area is 122 Å². The van der Waals surface area contributed by atoms with Crippen molar-refractivity contribution in [2.24, 2.45) is 0 Å². The number of thiophene rings is 1. The maximum absolute atomic E-state index is 11.5. The molecule has 0 aliphatic heterocycles. The van der Waals surface area contributed by atoms with E-state index in [1.54, 1.807) is 30.5 Å². The highest BCUT2D eigenvalue weighted by Gasteiger charge is 2.22. The number of aryl methyl sites for hydroxylation is 1. The number of nitrogens with zero attached hydrogens (tertiary/aromatic N) is 2. The number of hydrogen-bond donors (Lipinski definition) is 1. The Morgan fingerprint density at radius 2 is 2.20 bits per heavy atom. The number of pyridine rings is 1. The highest BCUT2D eigenvalue weighted by atomic mass is 32.1. The van der Waals surface area contributed by atoms with Gasteiger partial charge in [0, 0.05) is 17.1 Å². The van der Waals surface area contributed by atoms with Gasteiger partial charge in [-0.3, -0.25) is 0 Å². The van der Waals surface area contributed by atoms with Gasteiger partial charge in [0.15, 0.2) is 0 Å². The predicted octanol–water partition coefficient (Wildman–Crippen LogP) is 3.56. The fourth-order valence-corrected chi connectivity index (χ4v) is 2.80. The molecule has 20 heavy (non-hydrogen) atoms. The van der Waals surface area contributed by atoms with E-state index in [0.717, 1.165) is 5.56 Å². The molecule has 0 unspecified atom stereocenters. The average molecular weight is 290 g/mol. The van der Waals surface area contributed by atoms with Crippen LogP contribution in [0.3, 0.4) is 0 Å². The van der Waals surface area contributed by atoms with Crippen molar-refractivity contribution in [3.63, 3.8) is 0 Å². The second kappa shape index (κ2) is 6.05. The van der Waals surface area contributed by atoms with Gasteiger partial charge in [-0.1, -0.05) is 6.07 Å². The van der Waals surface area contributed by atoms with Crippen LogP contribution in [-0.2, 0) is 6.54 Å². The van der Waals surface area contributed by atoms with Crippen LogP contribution in [-0.4, -0.2) is 22.1 Å². The molecule has 106 valence electrons. The van der Waals surface area contributed by atoms with Crippen molar-refractivity contribution in [1.29, 1.82) is 0 Å². The van der Waals surface area contributed by atoms with Gasteiger partial charge in [0.1, 0.15) is 11.4 Å². The zero-order valence-corrected chi connectivity index (χ0v) is 12.6. The molecule has 0 atom stereocenters. The lowest BCUT2D eigenvalue weighted by Crippen LogP contribution is -2.32. The largest absolute Gasteiger partial charge is 0.478 e. The third-order valence-electron chi connectivity index (χ3n) is 3.15. The van der Waals surface area contributed by atoms with Crippen LogP contribution >= 0.6 is 11.3 Å². The fourth-order valence-electron chi connectivity index (χ4n) is 2.10. The van der Waals surface area contributed by atoms with Crippen LogP contribution in [0.4, 0.5) is 5.82 Å². The van der Waals surface area contributed by atoms with Gasteiger partial charge >= 0.3 is 5.97 Å². The van der Waals surface area contributed by atoms with Gasteiger partial charge in [0.2, 0.25) is 0 Å². The molecule has 4 nitrogen and oxygen atoms in total. The Kier molecular flexibility index (Phi) is 4.39. The molecule has 2 heterocycles. The summed E-state index contributed by atoms with van der Waals surface area (Å²) in [6.07, 6.45) is 1.67. The first-order chi connectivity index (χ1) is 9.50. The Morgan fingerprint density at radius 1 is 1.45 bits per heavy atom. The summed E-state index contributed by atoms with van der Waals surface area (Å²) in [7, 11) is 0. The number of aromatic nitrogens is 1. The zero-order chi connectivity index (χ0) is 14.7. The van der Waals surface area contributed by atoms with Gasteiger partial charge < -0.3 is 10.0 Å². The summed E-state index contributed by atoms with van der Waals surface area (Å²) in [5.41, 5.74) is 1.03. The van der Waals surface area contributed by atoms with Gasteiger partial charge in [-0.2, -0.15) is 0 Å². The summed E-state index contributed by atoms with van der Waals surface area (Å²) in [5.74, 6) is -0.386. The summed E-state index contributed by atoms with van der Waals surface area (Å²) in [4.78, 5) is 19.0. The van der Waals surface area contributed by atoms with E-state index in [1.807, 2.05) is 30.2 Å². The van der Waals surface area contributed by atoms with Crippen molar-refractivity contribution in [2.75, 3.05) is 4.90 Å².